The Labute approximate surface area is 161 Å². The van der Waals surface area contributed by atoms with Gasteiger partial charge in [0.2, 0.25) is 10.0 Å². The Hall–Kier alpha value is -1.97. The fraction of sp³-hybridized carbons (Fsp3) is 0.278. The molecule has 1 amide bonds. The summed E-state index contributed by atoms with van der Waals surface area (Å²) in [5.74, 6) is -3.00. The molecule has 0 bridgehead atoms. The highest BCUT2D eigenvalue weighted by Gasteiger charge is 2.22. The smallest absolute Gasteiger partial charge is 0.288 e. The van der Waals surface area contributed by atoms with E-state index in [1.54, 1.807) is 13.8 Å². The number of rotatable bonds is 8. The van der Waals surface area contributed by atoms with Crippen molar-refractivity contribution in [3.63, 3.8) is 0 Å². The molecule has 0 aliphatic carbocycles. The van der Waals surface area contributed by atoms with Gasteiger partial charge in [-0.25, -0.2) is 8.42 Å². The number of amides is 1. The molecule has 27 heavy (non-hydrogen) atoms. The van der Waals surface area contributed by atoms with Gasteiger partial charge in [-0.15, -0.1) is 0 Å². The molecular formula is C18H20F2N2O3S2. The molecule has 2 aromatic carbocycles. The van der Waals surface area contributed by atoms with Crippen molar-refractivity contribution in [1.82, 2.24) is 4.31 Å². The van der Waals surface area contributed by atoms with Gasteiger partial charge >= 0.3 is 0 Å². The van der Waals surface area contributed by atoms with Crippen molar-refractivity contribution in [3.05, 3.63) is 54.1 Å². The molecule has 0 aliphatic heterocycles. The summed E-state index contributed by atoms with van der Waals surface area (Å²) in [6.45, 7) is 4.15. The van der Waals surface area contributed by atoms with Crippen LogP contribution < -0.4 is 5.32 Å². The monoisotopic (exact) mass is 414 g/mol. The fourth-order valence-electron chi connectivity index (χ4n) is 2.43. The van der Waals surface area contributed by atoms with Gasteiger partial charge in [-0.05, 0) is 42.5 Å². The summed E-state index contributed by atoms with van der Waals surface area (Å²) in [5.41, 5.74) is 0.616. The number of carbonyl (C=O) groups excluding carboxylic acids is 1. The van der Waals surface area contributed by atoms with E-state index >= 15 is 0 Å². The summed E-state index contributed by atoms with van der Waals surface area (Å²) >= 11 is 0.417. The zero-order valence-electron chi connectivity index (χ0n) is 14.9. The average Bonchev–Trinajstić information content (AvgIpc) is 2.64. The Morgan fingerprint density at radius 2 is 1.74 bits per heavy atom. The number of nitrogens with one attached hydrogen (secondary N) is 1. The number of nitrogens with zero attached hydrogens (tertiary/aromatic N) is 1. The van der Waals surface area contributed by atoms with Gasteiger partial charge in [0.15, 0.2) is 0 Å². The van der Waals surface area contributed by atoms with Crippen LogP contribution in [0.25, 0.3) is 0 Å². The molecule has 5 nitrogen and oxygen atoms in total. The van der Waals surface area contributed by atoms with E-state index in [0.29, 0.717) is 35.4 Å². The number of thioether (sulfide) groups is 1. The summed E-state index contributed by atoms with van der Waals surface area (Å²) in [6, 6.07) is 11.8. The molecule has 0 spiro atoms. The van der Waals surface area contributed by atoms with E-state index in [4.69, 9.17) is 0 Å². The molecule has 0 aliphatic rings. The predicted molar refractivity (Wildman–Crippen MR) is 103 cm³/mol. The number of alkyl halides is 2. The number of sulfonamides is 1. The van der Waals surface area contributed by atoms with Crippen LogP contribution in [0.5, 0.6) is 0 Å². The molecule has 0 aromatic heterocycles. The Morgan fingerprint density at radius 3 is 2.30 bits per heavy atom. The van der Waals surface area contributed by atoms with Crippen LogP contribution in [0.1, 0.15) is 24.2 Å². The number of halogens is 2. The standard InChI is InChI=1S/C18H20F2N2O3S2/c1-3-22(4-2)27(24,25)16-7-5-6-13(12-16)17(23)21-14-8-10-15(11-9-14)26-18(19)20/h5-12,18H,3-4H2,1-2H3,(H,21,23). The lowest BCUT2D eigenvalue weighted by molar-refractivity contribution is 0.102. The lowest BCUT2D eigenvalue weighted by Crippen LogP contribution is -2.30. The van der Waals surface area contributed by atoms with Crippen molar-refractivity contribution < 1.29 is 22.0 Å². The first-order valence-electron chi connectivity index (χ1n) is 8.24. The van der Waals surface area contributed by atoms with E-state index in [0.717, 1.165) is 0 Å². The first-order valence-corrected chi connectivity index (χ1v) is 10.6. The lowest BCUT2D eigenvalue weighted by Gasteiger charge is -2.18. The van der Waals surface area contributed by atoms with Gasteiger partial charge in [-0.2, -0.15) is 13.1 Å². The van der Waals surface area contributed by atoms with Gasteiger partial charge < -0.3 is 5.32 Å². The molecule has 0 heterocycles. The quantitative estimate of drug-likeness (QED) is 0.655. The second-order valence-corrected chi connectivity index (χ2v) is 8.48. The number of benzene rings is 2. The van der Waals surface area contributed by atoms with Crippen LogP contribution >= 0.6 is 11.8 Å². The molecule has 9 heteroatoms. The van der Waals surface area contributed by atoms with Gasteiger partial charge in [0.05, 0.1) is 4.90 Å². The summed E-state index contributed by atoms with van der Waals surface area (Å²) in [5, 5.41) is 2.63. The second-order valence-electron chi connectivity index (χ2n) is 5.47. The maximum Gasteiger partial charge on any atom is 0.288 e. The molecule has 0 unspecified atom stereocenters. The van der Waals surface area contributed by atoms with Gasteiger partial charge in [0, 0.05) is 29.2 Å². The number of anilines is 1. The highest BCUT2D eigenvalue weighted by atomic mass is 32.2. The van der Waals surface area contributed by atoms with Gasteiger partial charge in [0.1, 0.15) is 0 Å². The fourth-order valence-corrected chi connectivity index (χ4v) is 4.44. The minimum atomic E-state index is -3.67. The van der Waals surface area contributed by atoms with E-state index in [2.05, 4.69) is 5.32 Å². The third-order valence-electron chi connectivity index (χ3n) is 3.78. The third-order valence-corrected chi connectivity index (χ3v) is 6.55. The number of carbonyl (C=O) groups is 1. The van der Waals surface area contributed by atoms with E-state index < -0.39 is 21.7 Å². The molecule has 1 N–H and O–H groups in total. The van der Waals surface area contributed by atoms with Crippen molar-refractivity contribution in [2.45, 2.75) is 29.4 Å². The van der Waals surface area contributed by atoms with Gasteiger partial charge in [0.25, 0.3) is 11.7 Å². The topological polar surface area (TPSA) is 66.5 Å². The van der Waals surface area contributed by atoms with Crippen molar-refractivity contribution in [1.29, 1.82) is 0 Å². The van der Waals surface area contributed by atoms with Crippen LogP contribution in [0.4, 0.5) is 14.5 Å². The molecule has 0 radical (unpaired) electrons. The zero-order valence-corrected chi connectivity index (χ0v) is 16.5. The van der Waals surface area contributed by atoms with E-state index in [1.165, 1.54) is 52.8 Å². The Bertz CT molecular complexity index is 884. The average molecular weight is 414 g/mol. The van der Waals surface area contributed by atoms with Gasteiger partial charge in [-0.3, -0.25) is 4.79 Å². The van der Waals surface area contributed by atoms with E-state index in [1.807, 2.05) is 0 Å². The SMILES string of the molecule is CCN(CC)S(=O)(=O)c1cccc(C(=O)Nc2ccc(SC(F)F)cc2)c1. The molecule has 0 saturated carbocycles. The molecule has 0 atom stereocenters. The predicted octanol–water partition coefficient (Wildman–Crippen LogP) is 4.28. The minimum absolute atomic E-state index is 0.0440. The molecule has 0 saturated heterocycles. The normalized spacial score (nSPS) is 11.8. The largest absolute Gasteiger partial charge is 0.322 e. The number of hydrogen-bond acceptors (Lipinski definition) is 4. The first kappa shape index (κ1) is 21.3. The molecule has 146 valence electrons. The summed E-state index contributed by atoms with van der Waals surface area (Å²) < 4.78 is 51.1. The van der Waals surface area contributed by atoms with Crippen LogP contribution in [0.2, 0.25) is 0 Å². The Balaban J connectivity index is 2.18. The second kappa shape index (κ2) is 9.29. The highest BCUT2D eigenvalue weighted by molar-refractivity contribution is 7.99. The van der Waals surface area contributed by atoms with Crippen LogP contribution in [-0.2, 0) is 10.0 Å². The van der Waals surface area contributed by atoms with Crippen molar-refractivity contribution in [2.24, 2.45) is 0 Å². The maximum absolute atomic E-state index is 12.6. The van der Waals surface area contributed by atoms with Crippen molar-refractivity contribution in [3.8, 4) is 0 Å². The number of hydrogen-bond donors (Lipinski definition) is 1. The van der Waals surface area contributed by atoms with Crippen molar-refractivity contribution >= 4 is 33.4 Å². The summed E-state index contributed by atoms with van der Waals surface area (Å²) in [4.78, 5) is 12.8. The van der Waals surface area contributed by atoms with Crippen LogP contribution in [0.15, 0.2) is 58.3 Å². The van der Waals surface area contributed by atoms with Gasteiger partial charge in [-0.1, -0.05) is 31.7 Å². The minimum Gasteiger partial charge on any atom is -0.322 e. The Kier molecular flexibility index (Phi) is 7.34. The van der Waals surface area contributed by atoms with E-state index in [9.17, 15) is 22.0 Å². The molecule has 2 aromatic rings. The van der Waals surface area contributed by atoms with Crippen molar-refractivity contribution in [2.75, 3.05) is 18.4 Å². The maximum atomic E-state index is 12.6. The van der Waals surface area contributed by atoms with Crippen LogP contribution in [-0.4, -0.2) is 37.5 Å². The Morgan fingerprint density at radius 1 is 1.11 bits per heavy atom. The zero-order chi connectivity index (χ0) is 20.0. The first-order chi connectivity index (χ1) is 12.8. The van der Waals surface area contributed by atoms with Crippen LogP contribution in [0, 0.1) is 0 Å². The van der Waals surface area contributed by atoms with E-state index in [-0.39, 0.29) is 10.5 Å². The lowest BCUT2D eigenvalue weighted by atomic mass is 10.2. The van der Waals surface area contributed by atoms with Crippen LogP contribution in [0.3, 0.4) is 0 Å². The molecule has 0 fully saturated rings. The summed E-state index contributed by atoms with van der Waals surface area (Å²) in [6.07, 6.45) is 0. The summed E-state index contributed by atoms with van der Waals surface area (Å²) in [7, 11) is -3.67. The molecular weight excluding hydrogens is 394 g/mol. The highest BCUT2D eigenvalue weighted by Crippen LogP contribution is 2.26. The third kappa shape index (κ3) is 5.50. The molecule has 2 rings (SSSR count).